The van der Waals surface area contributed by atoms with E-state index in [1.54, 1.807) is 4.90 Å². The molecule has 1 aromatic heterocycles. The van der Waals surface area contributed by atoms with Crippen LogP contribution in [0.1, 0.15) is 68.7 Å². The van der Waals surface area contributed by atoms with Crippen LogP contribution in [-0.2, 0) is 15.1 Å². The van der Waals surface area contributed by atoms with Gasteiger partial charge in [0.25, 0.3) is 0 Å². The summed E-state index contributed by atoms with van der Waals surface area (Å²) in [5.41, 5.74) is 5.42. The van der Waals surface area contributed by atoms with Gasteiger partial charge < -0.3 is 14.2 Å². The third kappa shape index (κ3) is 6.12. The van der Waals surface area contributed by atoms with Crippen LogP contribution < -0.4 is 0 Å². The summed E-state index contributed by atoms with van der Waals surface area (Å²) in [7, 11) is 0. The van der Waals surface area contributed by atoms with Crippen molar-refractivity contribution in [1.29, 1.82) is 0 Å². The number of aromatic nitrogens is 2. The van der Waals surface area contributed by atoms with Crippen LogP contribution in [0.2, 0.25) is 0 Å². The lowest BCUT2D eigenvalue weighted by Gasteiger charge is -2.38. The van der Waals surface area contributed by atoms with Crippen LogP contribution in [-0.4, -0.2) is 45.0 Å². The van der Waals surface area contributed by atoms with E-state index >= 15 is 0 Å². The molecular weight excluding hydrogens is 606 g/mol. The predicted octanol–water partition coefficient (Wildman–Crippen LogP) is 9.15. The molecule has 2 aliphatic rings. The van der Waals surface area contributed by atoms with Gasteiger partial charge in [-0.1, -0.05) is 115 Å². The van der Waals surface area contributed by atoms with Crippen LogP contribution in [0.3, 0.4) is 0 Å². The third-order valence-corrected chi connectivity index (χ3v) is 10.1. The second kappa shape index (κ2) is 13.0. The molecule has 0 radical (unpaired) electrons. The Morgan fingerprint density at radius 2 is 1.29 bits per heavy atom. The van der Waals surface area contributed by atoms with E-state index in [-0.39, 0.29) is 11.9 Å². The molecule has 1 saturated heterocycles. The number of carbonyl (C=O) groups excluding carboxylic acids is 2. The van der Waals surface area contributed by atoms with Gasteiger partial charge in [-0.15, -0.1) is 0 Å². The first-order valence-corrected chi connectivity index (χ1v) is 17.2. The first-order chi connectivity index (χ1) is 23.7. The molecule has 1 aliphatic heterocycles. The number of rotatable bonds is 6. The maximum Gasteiger partial charge on any atom is 0.410 e. The number of ether oxygens (including phenoxy) is 1. The Balaban J connectivity index is 1.22. The maximum atomic E-state index is 14.0. The van der Waals surface area contributed by atoms with Gasteiger partial charge in [-0.05, 0) is 80.4 Å². The van der Waals surface area contributed by atoms with E-state index < -0.39 is 16.6 Å². The fraction of sp³-hybridized carbons (Fsp3) is 0.279. The second-order valence-corrected chi connectivity index (χ2v) is 14.3. The molecular formula is C43H43N3O3. The monoisotopic (exact) mass is 649 g/mol. The molecule has 6 nitrogen and oxygen atoms in total. The van der Waals surface area contributed by atoms with Crippen LogP contribution in [0.25, 0.3) is 17.3 Å². The fourth-order valence-corrected chi connectivity index (χ4v) is 7.67. The van der Waals surface area contributed by atoms with Crippen LogP contribution >= 0.6 is 0 Å². The van der Waals surface area contributed by atoms with Gasteiger partial charge in [0.2, 0.25) is 0 Å². The minimum atomic E-state index is -0.662. The third-order valence-electron chi connectivity index (χ3n) is 10.1. The zero-order valence-electron chi connectivity index (χ0n) is 28.5. The van der Waals surface area contributed by atoms with E-state index in [1.165, 1.54) is 0 Å². The summed E-state index contributed by atoms with van der Waals surface area (Å²) in [5, 5.41) is 0. The number of nitrogens with zero attached hydrogens (tertiary/aromatic N) is 3. The lowest BCUT2D eigenvalue weighted by Crippen LogP contribution is -2.46. The second-order valence-electron chi connectivity index (χ2n) is 14.3. The van der Waals surface area contributed by atoms with Gasteiger partial charge in [0.15, 0.2) is 5.78 Å². The summed E-state index contributed by atoms with van der Waals surface area (Å²) in [5.74, 6) is 0.216. The van der Waals surface area contributed by atoms with Gasteiger partial charge in [-0.3, -0.25) is 4.79 Å². The first-order valence-electron chi connectivity index (χ1n) is 17.2. The van der Waals surface area contributed by atoms with Crippen LogP contribution in [0.4, 0.5) is 4.79 Å². The molecule has 1 amide bonds. The summed E-state index contributed by atoms with van der Waals surface area (Å²) in [6.45, 7) is 6.70. The number of hydrogen-bond donors (Lipinski definition) is 0. The molecule has 1 spiro atoms. The summed E-state index contributed by atoms with van der Waals surface area (Å²) < 4.78 is 7.81. The number of allylic oxidation sites excluding steroid dienone is 1. The Hall–Kier alpha value is -5.23. The number of benzene rings is 4. The topological polar surface area (TPSA) is 64.4 Å². The minimum Gasteiger partial charge on any atom is -0.444 e. The van der Waals surface area contributed by atoms with E-state index in [0.29, 0.717) is 25.9 Å². The van der Waals surface area contributed by atoms with Crippen molar-refractivity contribution in [3.05, 3.63) is 156 Å². The normalized spacial score (nSPS) is 17.1. The Labute approximate surface area is 289 Å². The highest BCUT2D eigenvalue weighted by molar-refractivity contribution is 6.06. The zero-order chi connectivity index (χ0) is 34.1. The van der Waals surface area contributed by atoms with Gasteiger partial charge in [-0.2, -0.15) is 0 Å². The van der Waals surface area contributed by atoms with Crippen molar-refractivity contribution in [2.45, 2.75) is 57.6 Å². The smallest absolute Gasteiger partial charge is 0.410 e. The summed E-state index contributed by atoms with van der Waals surface area (Å²) in [6, 6.07) is 39.9. The Morgan fingerprint density at radius 1 is 0.755 bits per heavy atom. The maximum absolute atomic E-state index is 14.0. The van der Waals surface area contributed by atoms with Gasteiger partial charge in [0.05, 0.1) is 12.0 Å². The number of ketones is 1. The summed E-state index contributed by atoms with van der Waals surface area (Å²) >= 11 is 0. The number of likely N-dealkylation sites (tertiary alicyclic amines) is 1. The highest BCUT2D eigenvalue weighted by atomic mass is 16.6. The molecule has 1 aliphatic carbocycles. The molecule has 0 bridgehead atoms. The highest BCUT2D eigenvalue weighted by Crippen LogP contribution is 2.47. The van der Waals surface area contributed by atoms with Gasteiger partial charge in [0.1, 0.15) is 11.1 Å². The summed E-state index contributed by atoms with van der Waals surface area (Å²) in [4.78, 5) is 33.5. The van der Waals surface area contributed by atoms with Crippen molar-refractivity contribution in [3.8, 4) is 11.3 Å². The van der Waals surface area contributed by atoms with Gasteiger partial charge in [0, 0.05) is 30.3 Å². The van der Waals surface area contributed by atoms with E-state index in [0.717, 1.165) is 51.9 Å². The lowest BCUT2D eigenvalue weighted by molar-refractivity contribution is -0.125. The van der Waals surface area contributed by atoms with Crippen molar-refractivity contribution in [3.63, 3.8) is 0 Å². The standard InChI is InChI=1S/C43H43N3O3/c1-41(2,3)49-40(48)45-27-25-42(26-28-45)24-23-33(39(42)47)29-32-15-13-14-22-37(32)38-30-46(31-44-38)43(34-16-7-4-8-17-34,35-18-9-5-10-19-35)36-20-11-6-12-21-36/h4-22,29-31H,23-28H2,1-3H3. The molecule has 6 heteroatoms. The molecule has 1 saturated carbocycles. The molecule has 2 fully saturated rings. The summed E-state index contributed by atoms with van der Waals surface area (Å²) in [6.07, 6.45) is 8.70. The molecule has 49 heavy (non-hydrogen) atoms. The molecule has 2 heterocycles. The largest absolute Gasteiger partial charge is 0.444 e. The Bertz CT molecular complexity index is 1870. The lowest BCUT2D eigenvalue weighted by atomic mass is 9.76. The Morgan fingerprint density at radius 3 is 1.84 bits per heavy atom. The van der Waals surface area contributed by atoms with E-state index in [4.69, 9.17) is 9.72 Å². The quantitative estimate of drug-likeness (QED) is 0.136. The zero-order valence-corrected chi connectivity index (χ0v) is 28.5. The predicted molar refractivity (Wildman–Crippen MR) is 194 cm³/mol. The van der Waals surface area contributed by atoms with Crippen LogP contribution in [0, 0.1) is 5.41 Å². The molecule has 248 valence electrons. The average molecular weight is 650 g/mol. The molecule has 7 rings (SSSR count). The van der Waals surface area contributed by atoms with Crippen molar-refractivity contribution in [1.82, 2.24) is 14.5 Å². The number of imidazole rings is 1. The van der Waals surface area contributed by atoms with Crippen molar-refractivity contribution < 1.29 is 14.3 Å². The average Bonchev–Trinajstić information content (AvgIpc) is 3.72. The van der Waals surface area contributed by atoms with Crippen molar-refractivity contribution in [2.75, 3.05) is 13.1 Å². The number of Topliss-reactive ketones (excluding diaryl/α,β-unsaturated/α-hetero) is 1. The highest BCUT2D eigenvalue weighted by Gasteiger charge is 2.47. The molecule has 0 atom stereocenters. The first kappa shape index (κ1) is 32.3. The number of carbonyl (C=O) groups is 2. The Kier molecular flexibility index (Phi) is 8.57. The van der Waals surface area contributed by atoms with Crippen molar-refractivity contribution in [2.24, 2.45) is 5.41 Å². The van der Waals surface area contributed by atoms with Gasteiger partial charge in [-0.25, -0.2) is 9.78 Å². The van der Waals surface area contributed by atoms with E-state index in [9.17, 15) is 9.59 Å². The van der Waals surface area contributed by atoms with Crippen LogP contribution in [0.5, 0.6) is 0 Å². The fourth-order valence-electron chi connectivity index (χ4n) is 7.67. The number of hydrogen-bond acceptors (Lipinski definition) is 4. The van der Waals surface area contributed by atoms with Crippen molar-refractivity contribution >= 4 is 18.0 Å². The number of amides is 1. The van der Waals surface area contributed by atoms with E-state index in [1.807, 2.05) is 57.4 Å². The molecule has 4 aromatic carbocycles. The number of piperidine rings is 1. The minimum absolute atomic E-state index is 0.216. The SMILES string of the molecule is CC(C)(C)OC(=O)N1CCC2(CCC(=Cc3ccccc3-c3cn(C(c4ccccc4)(c4ccccc4)c4ccccc4)cn3)C2=O)CC1. The molecule has 0 N–H and O–H groups in total. The molecule has 5 aromatic rings. The van der Waals surface area contributed by atoms with E-state index in [2.05, 4.69) is 102 Å². The molecule has 0 unspecified atom stereocenters. The van der Waals surface area contributed by atoms with Crippen LogP contribution in [0.15, 0.2) is 133 Å². The van der Waals surface area contributed by atoms with Gasteiger partial charge >= 0.3 is 6.09 Å².